The molecular formula is C11H16N5O5+. The number of nitrogen functional groups attached to an aromatic ring is 1. The van der Waals surface area contributed by atoms with Gasteiger partial charge in [-0.3, -0.25) is 9.78 Å². The van der Waals surface area contributed by atoms with Crippen LogP contribution >= 0.6 is 0 Å². The van der Waals surface area contributed by atoms with Gasteiger partial charge in [0.1, 0.15) is 18.3 Å². The number of aromatic nitrogens is 4. The number of ether oxygens (including phenoxy) is 1. The lowest BCUT2D eigenvalue weighted by molar-refractivity contribution is -0.646. The Kier molecular flexibility index (Phi) is 3.17. The summed E-state index contributed by atoms with van der Waals surface area (Å²) in [6.45, 7) is -0.434. The summed E-state index contributed by atoms with van der Waals surface area (Å²) in [5, 5.41) is 29.0. The van der Waals surface area contributed by atoms with Crippen molar-refractivity contribution in [3.63, 3.8) is 0 Å². The van der Waals surface area contributed by atoms with Crippen molar-refractivity contribution in [3.8, 4) is 0 Å². The van der Waals surface area contributed by atoms with Crippen molar-refractivity contribution in [1.29, 1.82) is 0 Å². The topological polar surface area (TPSA) is 150 Å². The third kappa shape index (κ3) is 2.00. The highest BCUT2D eigenvalue weighted by Crippen LogP contribution is 2.30. The number of aryl methyl sites for hydroxylation is 1. The molecule has 0 amide bonds. The monoisotopic (exact) mass is 298 g/mol. The van der Waals surface area contributed by atoms with Crippen LogP contribution in [0.25, 0.3) is 11.2 Å². The molecule has 4 atom stereocenters. The van der Waals surface area contributed by atoms with Gasteiger partial charge in [-0.2, -0.15) is 9.55 Å². The molecule has 0 aliphatic carbocycles. The molecule has 0 aromatic carbocycles. The van der Waals surface area contributed by atoms with Crippen LogP contribution < -0.4 is 15.9 Å². The molecule has 114 valence electrons. The van der Waals surface area contributed by atoms with Gasteiger partial charge in [-0.25, -0.2) is 4.57 Å². The summed E-state index contributed by atoms with van der Waals surface area (Å²) >= 11 is 0. The maximum Gasteiger partial charge on any atom is 0.304 e. The molecule has 10 heteroatoms. The zero-order valence-electron chi connectivity index (χ0n) is 11.2. The molecule has 0 saturated carbocycles. The Morgan fingerprint density at radius 1 is 1.52 bits per heavy atom. The summed E-state index contributed by atoms with van der Waals surface area (Å²) in [7, 11) is 1.63. The lowest BCUT2D eigenvalue weighted by Crippen LogP contribution is -2.33. The van der Waals surface area contributed by atoms with Gasteiger partial charge in [0.25, 0.3) is 11.2 Å². The first-order valence-corrected chi connectivity index (χ1v) is 6.32. The average molecular weight is 298 g/mol. The second-order valence-corrected chi connectivity index (χ2v) is 4.99. The normalized spacial score (nSPS) is 29.3. The van der Waals surface area contributed by atoms with E-state index in [1.165, 1.54) is 15.5 Å². The van der Waals surface area contributed by atoms with Crippen LogP contribution in [0.15, 0.2) is 11.1 Å². The summed E-state index contributed by atoms with van der Waals surface area (Å²) in [6.07, 6.45) is -2.88. The smallest absolute Gasteiger partial charge is 0.304 e. The van der Waals surface area contributed by atoms with E-state index in [1.807, 2.05) is 0 Å². The predicted molar refractivity (Wildman–Crippen MR) is 69.0 cm³/mol. The van der Waals surface area contributed by atoms with E-state index in [4.69, 9.17) is 15.6 Å². The Balaban J connectivity index is 2.16. The SMILES string of the molecule is C[n+]1cn([C@H]2O[C@@H](CO)[C@@H](O)C2O)c2nc(N)[nH]c(=O)c21. The second kappa shape index (κ2) is 4.77. The Bertz CT molecular complexity index is 740. The van der Waals surface area contributed by atoms with Crippen molar-refractivity contribution in [3.05, 3.63) is 16.7 Å². The van der Waals surface area contributed by atoms with Gasteiger partial charge < -0.3 is 25.8 Å². The Morgan fingerprint density at radius 3 is 2.86 bits per heavy atom. The maximum atomic E-state index is 11.9. The second-order valence-electron chi connectivity index (χ2n) is 4.99. The number of aromatic amines is 1. The fourth-order valence-corrected chi connectivity index (χ4v) is 2.57. The number of hydrogen-bond donors (Lipinski definition) is 5. The van der Waals surface area contributed by atoms with Crippen LogP contribution in [-0.4, -0.2) is 54.8 Å². The van der Waals surface area contributed by atoms with Gasteiger partial charge in [-0.15, -0.1) is 0 Å². The summed E-state index contributed by atoms with van der Waals surface area (Å²) in [6, 6.07) is 0. The molecule has 10 nitrogen and oxygen atoms in total. The molecular weight excluding hydrogens is 282 g/mol. The van der Waals surface area contributed by atoms with E-state index in [2.05, 4.69) is 9.97 Å². The highest BCUT2D eigenvalue weighted by Gasteiger charge is 2.47. The van der Waals surface area contributed by atoms with Crippen molar-refractivity contribution in [2.45, 2.75) is 24.5 Å². The number of hydrogen-bond acceptors (Lipinski definition) is 7. The summed E-state index contributed by atoms with van der Waals surface area (Å²) in [4.78, 5) is 18.3. The zero-order valence-corrected chi connectivity index (χ0v) is 11.2. The van der Waals surface area contributed by atoms with E-state index < -0.39 is 36.7 Å². The molecule has 3 heterocycles. The van der Waals surface area contributed by atoms with Crippen molar-refractivity contribution in [2.24, 2.45) is 7.05 Å². The fourth-order valence-electron chi connectivity index (χ4n) is 2.57. The number of imidazole rings is 1. The third-order valence-electron chi connectivity index (χ3n) is 3.58. The summed E-state index contributed by atoms with van der Waals surface area (Å²) in [5.74, 6) is -0.0702. The van der Waals surface area contributed by atoms with Crippen LogP contribution in [0.2, 0.25) is 0 Å². The van der Waals surface area contributed by atoms with E-state index in [0.29, 0.717) is 0 Å². The summed E-state index contributed by atoms with van der Waals surface area (Å²) in [5.41, 5.74) is 5.58. The first kappa shape index (κ1) is 13.9. The molecule has 0 radical (unpaired) electrons. The molecule has 3 rings (SSSR count). The standard InChI is InChI=1S/C11H15N5O5/c1-15-3-16(8-5(15)9(20)14-11(12)13-8)10-7(19)6(18)4(2-17)21-10/h3-4,6-7,10,17-19H,2H2,1H3,(H2-,12,13,14,20)/p+1/t4-,6+,7?,10-/m0/s1. The number of nitrogens with zero attached hydrogens (tertiary/aromatic N) is 3. The van der Waals surface area contributed by atoms with Gasteiger partial charge in [-0.05, 0) is 0 Å². The number of aliphatic hydroxyl groups excluding tert-OH is 3. The average Bonchev–Trinajstić information content (AvgIpc) is 2.89. The lowest BCUT2D eigenvalue weighted by atomic mass is 10.1. The van der Waals surface area contributed by atoms with Crippen LogP contribution in [0.1, 0.15) is 6.23 Å². The first-order chi connectivity index (χ1) is 9.93. The number of anilines is 1. The predicted octanol–water partition coefficient (Wildman–Crippen LogP) is -3.26. The van der Waals surface area contributed by atoms with E-state index in [0.717, 1.165) is 0 Å². The molecule has 1 fully saturated rings. The van der Waals surface area contributed by atoms with Crippen molar-refractivity contribution >= 4 is 17.1 Å². The number of aliphatic hydroxyl groups is 3. The quantitative estimate of drug-likeness (QED) is 0.365. The van der Waals surface area contributed by atoms with Gasteiger partial charge in [-0.1, -0.05) is 0 Å². The third-order valence-corrected chi connectivity index (χ3v) is 3.58. The number of rotatable bonds is 2. The van der Waals surface area contributed by atoms with Crippen molar-refractivity contribution < 1.29 is 24.6 Å². The van der Waals surface area contributed by atoms with Gasteiger partial charge >= 0.3 is 5.56 Å². The number of H-pyrrole nitrogens is 1. The maximum absolute atomic E-state index is 11.9. The molecule has 0 spiro atoms. The fraction of sp³-hybridized carbons (Fsp3) is 0.545. The molecule has 2 aromatic rings. The Labute approximate surface area is 118 Å². The van der Waals surface area contributed by atoms with E-state index in [-0.39, 0.29) is 17.1 Å². The van der Waals surface area contributed by atoms with Crippen LogP contribution in [0, 0.1) is 0 Å². The number of nitrogens with one attached hydrogen (secondary N) is 1. The molecule has 1 aliphatic heterocycles. The van der Waals surface area contributed by atoms with E-state index in [1.54, 1.807) is 7.05 Å². The van der Waals surface area contributed by atoms with Crippen LogP contribution in [0.5, 0.6) is 0 Å². The minimum atomic E-state index is -1.26. The Morgan fingerprint density at radius 2 is 2.24 bits per heavy atom. The number of nitrogens with two attached hydrogens (primary N) is 1. The minimum absolute atomic E-state index is 0.0702. The minimum Gasteiger partial charge on any atom is -0.394 e. The molecule has 6 N–H and O–H groups in total. The highest BCUT2D eigenvalue weighted by atomic mass is 16.6. The summed E-state index contributed by atoms with van der Waals surface area (Å²) < 4.78 is 8.35. The molecule has 0 bridgehead atoms. The van der Waals surface area contributed by atoms with Crippen LogP contribution in [0.4, 0.5) is 5.95 Å². The number of fused-ring (bicyclic) bond motifs is 1. The first-order valence-electron chi connectivity index (χ1n) is 6.32. The van der Waals surface area contributed by atoms with E-state index in [9.17, 15) is 15.0 Å². The highest BCUT2D eigenvalue weighted by molar-refractivity contribution is 5.66. The molecule has 1 unspecified atom stereocenters. The molecule has 1 saturated heterocycles. The van der Waals surface area contributed by atoms with Gasteiger partial charge in [0.15, 0.2) is 0 Å². The van der Waals surface area contributed by atoms with Crippen molar-refractivity contribution in [1.82, 2.24) is 14.5 Å². The van der Waals surface area contributed by atoms with E-state index >= 15 is 0 Å². The van der Waals surface area contributed by atoms with Crippen LogP contribution in [-0.2, 0) is 11.8 Å². The molecule has 2 aromatic heterocycles. The van der Waals surface area contributed by atoms with Gasteiger partial charge in [0.05, 0.1) is 13.7 Å². The largest absolute Gasteiger partial charge is 0.394 e. The van der Waals surface area contributed by atoms with Gasteiger partial charge in [0.2, 0.25) is 18.5 Å². The zero-order chi connectivity index (χ0) is 15.3. The Hall–Kier alpha value is -2.01. The van der Waals surface area contributed by atoms with Crippen LogP contribution in [0.3, 0.4) is 0 Å². The molecule has 21 heavy (non-hydrogen) atoms. The molecule has 1 aliphatic rings. The lowest BCUT2D eigenvalue weighted by Gasteiger charge is -2.11. The van der Waals surface area contributed by atoms with Crippen molar-refractivity contribution in [2.75, 3.05) is 12.3 Å². The van der Waals surface area contributed by atoms with Gasteiger partial charge in [0, 0.05) is 0 Å².